The van der Waals surface area contributed by atoms with Crippen molar-refractivity contribution < 1.29 is 4.79 Å². The number of fused-ring (bicyclic) bond motifs is 1. The SMILES string of the molecule is Cc1nn(CC(C)C)c2sc(C(=O)N[C@@H](C)c3ccccc3)cc12. The standard InChI is InChI=1S/C19H23N3OS/c1-12(2)11-22-19-16(14(4)21-22)10-17(24-19)18(23)20-13(3)15-8-6-5-7-9-15/h5-10,12-13H,11H2,1-4H3,(H,20,23)/t13-/m0/s1. The number of nitrogens with zero attached hydrogens (tertiary/aromatic N) is 2. The maximum atomic E-state index is 12.6. The van der Waals surface area contributed by atoms with Gasteiger partial charge < -0.3 is 5.32 Å². The molecule has 2 heterocycles. The molecule has 0 saturated heterocycles. The van der Waals surface area contributed by atoms with Crippen LogP contribution in [-0.4, -0.2) is 15.7 Å². The van der Waals surface area contributed by atoms with Gasteiger partial charge in [-0.05, 0) is 31.4 Å². The van der Waals surface area contributed by atoms with Crippen LogP contribution in [0, 0.1) is 12.8 Å². The van der Waals surface area contributed by atoms with Crippen LogP contribution >= 0.6 is 11.3 Å². The number of hydrogen-bond donors (Lipinski definition) is 1. The summed E-state index contributed by atoms with van der Waals surface area (Å²) < 4.78 is 2.03. The van der Waals surface area contributed by atoms with Crippen molar-refractivity contribution in [3.63, 3.8) is 0 Å². The zero-order valence-electron chi connectivity index (χ0n) is 14.5. The fraction of sp³-hybridized carbons (Fsp3) is 0.368. The van der Waals surface area contributed by atoms with Gasteiger partial charge in [0, 0.05) is 11.9 Å². The number of nitrogens with one attached hydrogen (secondary N) is 1. The molecule has 24 heavy (non-hydrogen) atoms. The van der Waals surface area contributed by atoms with E-state index < -0.39 is 0 Å². The molecule has 0 aliphatic carbocycles. The molecular weight excluding hydrogens is 318 g/mol. The molecule has 1 N–H and O–H groups in total. The van der Waals surface area contributed by atoms with E-state index in [1.54, 1.807) is 0 Å². The first-order valence-electron chi connectivity index (χ1n) is 8.28. The van der Waals surface area contributed by atoms with E-state index >= 15 is 0 Å². The summed E-state index contributed by atoms with van der Waals surface area (Å²) in [5.74, 6) is 0.494. The molecule has 3 rings (SSSR count). The smallest absolute Gasteiger partial charge is 0.261 e. The van der Waals surface area contributed by atoms with E-state index in [0.717, 1.165) is 32.9 Å². The lowest BCUT2D eigenvalue weighted by molar-refractivity contribution is 0.0944. The maximum Gasteiger partial charge on any atom is 0.261 e. The second-order valence-electron chi connectivity index (χ2n) is 6.60. The van der Waals surface area contributed by atoms with E-state index in [0.29, 0.717) is 5.92 Å². The van der Waals surface area contributed by atoms with Crippen molar-refractivity contribution in [2.24, 2.45) is 5.92 Å². The van der Waals surface area contributed by atoms with Crippen molar-refractivity contribution in [2.75, 3.05) is 0 Å². The molecule has 0 spiro atoms. The van der Waals surface area contributed by atoms with E-state index in [9.17, 15) is 4.79 Å². The summed E-state index contributed by atoms with van der Waals surface area (Å²) in [6.07, 6.45) is 0. The van der Waals surface area contributed by atoms with Crippen molar-refractivity contribution in [3.8, 4) is 0 Å². The van der Waals surface area contributed by atoms with Gasteiger partial charge in [-0.1, -0.05) is 44.2 Å². The molecule has 1 aromatic carbocycles. The number of aryl methyl sites for hydroxylation is 1. The lowest BCUT2D eigenvalue weighted by Crippen LogP contribution is -2.25. The summed E-state index contributed by atoms with van der Waals surface area (Å²) in [5.41, 5.74) is 2.09. The lowest BCUT2D eigenvalue weighted by Gasteiger charge is -2.13. The summed E-state index contributed by atoms with van der Waals surface area (Å²) in [6.45, 7) is 9.22. The Morgan fingerprint density at radius 1 is 1.25 bits per heavy atom. The summed E-state index contributed by atoms with van der Waals surface area (Å²) in [6, 6.07) is 12.0. The van der Waals surface area contributed by atoms with Gasteiger partial charge >= 0.3 is 0 Å². The van der Waals surface area contributed by atoms with Gasteiger partial charge in [-0.2, -0.15) is 5.10 Å². The quantitative estimate of drug-likeness (QED) is 0.740. The third-order valence-electron chi connectivity index (χ3n) is 4.02. The van der Waals surface area contributed by atoms with Gasteiger partial charge in [-0.25, -0.2) is 0 Å². The minimum Gasteiger partial charge on any atom is -0.345 e. The highest BCUT2D eigenvalue weighted by Crippen LogP contribution is 2.29. The molecule has 1 amide bonds. The van der Waals surface area contributed by atoms with E-state index in [4.69, 9.17) is 0 Å². The molecule has 0 unspecified atom stereocenters. The van der Waals surface area contributed by atoms with Gasteiger partial charge in [0.1, 0.15) is 4.83 Å². The van der Waals surface area contributed by atoms with Crippen LogP contribution in [-0.2, 0) is 6.54 Å². The van der Waals surface area contributed by atoms with Gasteiger partial charge in [0.05, 0.1) is 16.6 Å². The minimum atomic E-state index is -0.0250. The predicted molar refractivity (Wildman–Crippen MR) is 99.5 cm³/mol. The molecule has 3 aromatic rings. The van der Waals surface area contributed by atoms with Gasteiger partial charge in [0.25, 0.3) is 5.91 Å². The van der Waals surface area contributed by atoms with Crippen LogP contribution in [0.25, 0.3) is 10.2 Å². The molecule has 126 valence electrons. The first kappa shape index (κ1) is 16.7. The number of carbonyl (C=O) groups is 1. The maximum absolute atomic E-state index is 12.6. The van der Waals surface area contributed by atoms with Crippen LogP contribution < -0.4 is 5.32 Å². The van der Waals surface area contributed by atoms with E-state index in [1.807, 2.05) is 54.9 Å². The summed E-state index contributed by atoms with van der Waals surface area (Å²) in [7, 11) is 0. The normalized spacial score (nSPS) is 12.7. The van der Waals surface area contributed by atoms with Crippen molar-refractivity contribution in [2.45, 2.75) is 40.3 Å². The van der Waals surface area contributed by atoms with E-state index in [1.165, 1.54) is 11.3 Å². The molecule has 0 aliphatic heterocycles. The highest BCUT2D eigenvalue weighted by atomic mass is 32.1. The number of hydrogen-bond acceptors (Lipinski definition) is 3. The Labute approximate surface area is 146 Å². The zero-order chi connectivity index (χ0) is 17.3. The Balaban J connectivity index is 1.83. The van der Waals surface area contributed by atoms with E-state index in [2.05, 4.69) is 24.3 Å². The minimum absolute atomic E-state index is 0.0165. The average Bonchev–Trinajstić information content (AvgIpc) is 3.10. The fourth-order valence-electron chi connectivity index (χ4n) is 2.79. The Hall–Kier alpha value is -2.14. The molecule has 5 heteroatoms. The molecular formula is C19H23N3OS. The predicted octanol–water partition coefficient (Wildman–Crippen LogP) is 4.55. The third-order valence-corrected chi connectivity index (χ3v) is 5.16. The van der Waals surface area contributed by atoms with Gasteiger partial charge in [-0.3, -0.25) is 9.48 Å². The number of amides is 1. The Kier molecular flexibility index (Phi) is 4.71. The first-order chi connectivity index (χ1) is 11.5. The summed E-state index contributed by atoms with van der Waals surface area (Å²) in [5, 5.41) is 8.76. The number of aromatic nitrogens is 2. The average molecular weight is 341 g/mol. The zero-order valence-corrected chi connectivity index (χ0v) is 15.4. The fourth-order valence-corrected chi connectivity index (χ4v) is 3.86. The third kappa shape index (κ3) is 3.36. The van der Waals surface area contributed by atoms with Crippen LogP contribution in [0.4, 0.5) is 0 Å². The van der Waals surface area contributed by atoms with Gasteiger partial charge in [-0.15, -0.1) is 11.3 Å². The molecule has 0 aliphatic rings. The van der Waals surface area contributed by atoms with Gasteiger partial charge in [0.2, 0.25) is 0 Å². The van der Waals surface area contributed by atoms with Crippen LogP contribution in [0.1, 0.15) is 47.7 Å². The Morgan fingerprint density at radius 3 is 2.62 bits per heavy atom. The van der Waals surface area contributed by atoms with Crippen LogP contribution in [0.5, 0.6) is 0 Å². The largest absolute Gasteiger partial charge is 0.345 e. The lowest BCUT2D eigenvalue weighted by atomic mass is 10.1. The van der Waals surface area contributed by atoms with Crippen LogP contribution in [0.3, 0.4) is 0 Å². The topological polar surface area (TPSA) is 46.9 Å². The number of benzene rings is 1. The van der Waals surface area contributed by atoms with Crippen molar-refractivity contribution in [1.82, 2.24) is 15.1 Å². The number of carbonyl (C=O) groups excluding carboxylic acids is 1. The highest BCUT2D eigenvalue weighted by molar-refractivity contribution is 7.20. The van der Waals surface area contributed by atoms with Crippen molar-refractivity contribution in [1.29, 1.82) is 0 Å². The molecule has 4 nitrogen and oxygen atoms in total. The van der Waals surface area contributed by atoms with Crippen LogP contribution in [0.15, 0.2) is 36.4 Å². The van der Waals surface area contributed by atoms with Crippen LogP contribution in [0.2, 0.25) is 0 Å². The second kappa shape index (κ2) is 6.77. The van der Waals surface area contributed by atoms with Crippen molar-refractivity contribution in [3.05, 3.63) is 52.5 Å². The molecule has 1 atom stereocenters. The number of rotatable bonds is 5. The summed E-state index contributed by atoms with van der Waals surface area (Å²) in [4.78, 5) is 14.4. The second-order valence-corrected chi connectivity index (χ2v) is 7.63. The highest BCUT2D eigenvalue weighted by Gasteiger charge is 2.18. The first-order valence-corrected chi connectivity index (χ1v) is 9.10. The molecule has 0 saturated carbocycles. The molecule has 2 aromatic heterocycles. The number of thiophene rings is 1. The molecule has 0 radical (unpaired) electrons. The Morgan fingerprint density at radius 2 is 1.96 bits per heavy atom. The van der Waals surface area contributed by atoms with Gasteiger partial charge in [0.15, 0.2) is 0 Å². The molecule has 0 bridgehead atoms. The summed E-state index contributed by atoms with van der Waals surface area (Å²) >= 11 is 1.52. The van der Waals surface area contributed by atoms with Crippen molar-refractivity contribution >= 4 is 27.5 Å². The van der Waals surface area contributed by atoms with E-state index in [-0.39, 0.29) is 11.9 Å². The Bertz CT molecular complexity index is 848. The molecule has 0 fully saturated rings. The monoisotopic (exact) mass is 341 g/mol.